The summed E-state index contributed by atoms with van der Waals surface area (Å²) < 4.78 is 0. The smallest absolute Gasteiger partial charge is 0.0991 e. The summed E-state index contributed by atoms with van der Waals surface area (Å²) in [5.74, 6) is 0. The van der Waals surface area contributed by atoms with Crippen LogP contribution >= 0.6 is 23.4 Å². The summed E-state index contributed by atoms with van der Waals surface area (Å²) in [6.45, 7) is 2.01. The first-order valence-corrected chi connectivity index (χ1v) is 6.32. The van der Waals surface area contributed by atoms with Crippen LogP contribution in [0.25, 0.3) is 0 Å². The van der Waals surface area contributed by atoms with E-state index >= 15 is 0 Å². The highest BCUT2D eigenvalue weighted by molar-refractivity contribution is 7.99. The monoisotopic (exact) mass is 259 g/mol. The van der Waals surface area contributed by atoms with Crippen molar-refractivity contribution in [2.75, 3.05) is 0 Å². The molecule has 0 amide bonds. The van der Waals surface area contributed by atoms with Gasteiger partial charge in [-0.15, -0.1) is 0 Å². The third-order valence-electron chi connectivity index (χ3n) is 2.33. The number of hydrogen-bond acceptors (Lipinski definition) is 2. The van der Waals surface area contributed by atoms with E-state index in [1.54, 1.807) is 11.8 Å². The van der Waals surface area contributed by atoms with E-state index in [4.69, 9.17) is 16.9 Å². The van der Waals surface area contributed by atoms with Gasteiger partial charge in [0.15, 0.2) is 0 Å². The maximum atomic E-state index is 8.80. The fraction of sp³-hybridized carbons (Fsp3) is 0.0714. The van der Waals surface area contributed by atoms with Crippen LogP contribution in [0.1, 0.15) is 11.1 Å². The zero-order valence-corrected chi connectivity index (χ0v) is 10.8. The highest BCUT2D eigenvalue weighted by Crippen LogP contribution is 2.31. The van der Waals surface area contributed by atoms with Crippen LogP contribution < -0.4 is 0 Å². The number of hydrogen-bond donors (Lipinski definition) is 0. The molecule has 2 rings (SSSR count). The van der Waals surface area contributed by atoms with E-state index in [-0.39, 0.29) is 0 Å². The van der Waals surface area contributed by atoms with Gasteiger partial charge in [0.2, 0.25) is 0 Å². The lowest BCUT2D eigenvalue weighted by Gasteiger charge is -2.06. The second-order valence-corrected chi connectivity index (χ2v) is 5.20. The fourth-order valence-electron chi connectivity index (χ4n) is 1.49. The minimum atomic E-state index is 0.693. The van der Waals surface area contributed by atoms with Crippen molar-refractivity contribution in [1.82, 2.24) is 0 Å². The average molecular weight is 260 g/mol. The number of nitriles is 1. The van der Waals surface area contributed by atoms with Gasteiger partial charge in [-0.2, -0.15) is 5.26 Å². The van der Waals surface area contributed by atoms with Gasteiger partial charge < -0.3 is 0 Å². The fourth-order valence-corrected chi connectivity index (χ4v) is 2.69. The molecule has 3 heteroatoms. The molecule has 0 aliphatic rings. The van der Waals surface area contributed by atoms with Crippen molar-refractivity contribution in [1.29, 1.82) is 5.26 Å². The van der Waals surface area contributed by atoms with Crippen LogP contribution in [-0.4, -0.2) is 0 Å². The zero-order valence-electron chi connectivity index (χ0n) is 9.27. The maximum absolute atomic E-state index is 8.80. The molecular formula is C14H10ClNS. The molecule has 2 aromatic carbocycles. The standard InChI is InChI=1S/C14H10ClNS/c1-10-7-11(9-16)5-6-14(10)17-13-4-2-3-12(15)8-13/h2-8H,1H3. The SMILES string of the molecule is Cc1cc(C#N)ccc1Sc1cccc(Cl)c1. The van der Waals surface area contributed by atoms with Gasteiger partial charge in [-0.3, -0.25) is 0 Å². The molecule has 0 heterocycles. The van der Waals surface area contributed by atoms with E-state index in [0.717, 1.165) is 20.4 Å². The lowest BCUT2D eigenvalue weighted by molar-refractivity contribution is 1.28. The Kier molecular flexibility index (Phi) is 3.73. The van der Waals surface area contributed by atoms with Crippen molar-refractivity contribution in [3.8, 4) is 6.07 Å². The lowest BCUT2D eigenvalue weighted by atomic mass is 10.2. The summed E-state index contributed by atoms with van der Waals surface area (Å²) in [6, 6.07) is 15.6. The van der Waals surface area contributed by atoms with Gasteiger partial charge in [0, 0.05) is 14.8 Å². The normalized spacial score (nSPS) is 9.94. The second kappa shape index (κ2) is 5.27. The molecule has 0 aromatic heterocycles. The largest absolute Gasteiger partial charge is 0.192 e. The van der Waals surface area contributed by atoms with Crippen LogP contribution in [-0.2, 0) is 0 Å². The van der Waals surface area contributed by atoms with E-state index < -0.39 is 0 Å². The Morgan fingerprint density at radius 2 is 2.00 bits per heavy atom. The van der Waals surface area contributed by atoms with Gasteiger partial charge in [0.05, 0.1) is 11.6 Å². The number of halogens is 1. The molecule has 0 saturated heterocycles. The minimum Gasteiger partial charge on any atom is -0.192 e. The van der Waals surface area contributed by atoms with Crippen molar-refractivity contribution in [3.05, 3.63) is 58.6 Å². The molecule has 0 N–H and O–H groups in total. The molecule has 1 nitrogen and oxygen atoms in total. The topological polar surface area (TPSA) is 23.8 Å². The van der Waals surface area contributed by atoms with Crippen LogP contribution in [0.2, 0.25) is 5.02 Å². The molecule has 0 atom stereocenters. The molecule has 0 bridgehead atoms. The molecule has 2 aromatic rings. The summed E-state index contributed by atoms with van der Waals surface area (Å²) in [6.07, 6.45) is 0. The van der Waals surface area contributed by atoms with E-state index in [1.165, 1.54) is 0 Å². The van der Waals surface area contributed by atoms with Gasteiger partial charge in [-0.25, -0.2) is 0 Å². The number of aryl methyl sites for hydroxylation is 1. The molecule has 0 unspecified atom stereocenters. The first-order valence-electron chi connectivity index (χ1n) is 5.13. The molecule has 17 heavy (non-hydrogen) atoms. The van der Waals surface area contributed by atoms with Gasteiger partial charge in [-0.05, 0) is 48.9 Å². The Morgan fingerprint density at radius 1 is 1.18 bits per heavy atom. The van der Waals surface area contributed by atoms with Crippen molar-refractivity contribution in [2.45, 2.75) is 16.7 Å². The number of nitrogens with zero attached hydrogens (tertiary/aromatic N) is 1. The average Bonchev–Trinajstić information content (AvgIpc) is 2.32. The van der Waals surface area contributed by atoms with Gasteiger partial charge >= 0.3 is 0 Å². The summed E-state index contributed by atoms with van der Waals surface area (Å²) in [4.78, 5) is 2.25. The Balaban J connectivity index is 2.28. The van der Waals surface area contributed by atoms with Gasteiger partial charge in [0.1, 0.15) is 0 Å². The first-order chi connectivity index (χ1) is 8.19. The molecule has 0 fully saturated rings. The lowest BCUT2D eigenvalue weighted by Crippen LogP contribution is -1.82. The summed E-state index contributed by atoms with van der Waals surface area (Å²) in [5, 5.41) is 9.54. The Morgan fingerprint density at radius 3 is 2.65 bits per heavy atom. The molecule has 0 radical (unpaired) electrons. The molecule has 84 valence electrons. The molecular weight excluding hydrogens is 250 g/mol. The maximum Gasteiger partial charge on any atom is 0.0991 e. The van der Waals surface area contributed by atoms with Gasteiger partial charge in [0.25, 0.3) is 0 Å². The van der Waals surface area contributed by atoms with Crippen molar-refractivity contribution >= 4 is 23.4 Å². The van der Waals surface area contributed by atoms with Crippen molar-refractivity contribution < 1.29 is 0 Å². The van der Waals surface area contributed by atoms with Crippen molar-refractivity contribution in [2.24, 2.45) is 0 Å². The Hall–Kier alpha value is -1.43. The minimum absolute atomic E-state index is 0.693. The molecule has 0 aliphatic heterocycles. The summed E-state index contributed by atoms with van der Waals surface area (Å²) in [7, 11) is 0. The Labute approximate surface area is 110 Å². The van der Waals surface area contributed by atoms with Crippen LogP contribution in [0.15, 0.2) is 52.3 Å². The van der Waals surface area contributed by atoms with Crippen LogP contribution in [0, 0.1) is 18.3 Å². The summed E-state index contributed by atoms with van der Waals surface area (Å²) in [5.41, 5.74) is 1.80. The van der Waals surface area contributed by atoms with E-state index in [9.17, 15) is 0 Å². The molecule has 0 aliphatic carbocycles. The predicted molar refractivity (Wildman–Crippen MR) is 71.5 cm³/mol. The Bertz CT molecular complexity index is 587. The van der Waals surface area contributed by atoms with Crippen LogP contribution in [0.3, 0.4) is 0 Å². The van der Waals surface area contributed by atoms with E-state index in [2.05, 4.69) is 6.07 Å². The number of rotatable bonds is 2. The van der Waals surface area contributed by atoms with E-state index in [1.807, 2.05) is 49.4 Å². The van der Waals surface area contributed by atoms with Crippen LogP contribution in [0.5, 0.6) is 0 Å². The third-order valence-corrected chi connectivity index (χ3v) is 3.73. The summed E-state index contributed by atoms with van der Waals surface area (Å²) >= 11 is 7.60. The first kappa shape index (κ1) is 12.0. The highest BCUT2D eigenvalue weighted by atomic mass is 35.5. The van der Waals surface area contributed by atoms with Gasteiger partial charge in [-0.1, -0.05) is 29.4 Å². The number of benzene rings is 2. The second-order valence-electron chi connectivity index (χ2n) is 3.65. The van der Waals surface area contributed by atoms with E-state index in [0.29, 0.717) is 5.56 Å². The van der Waals surface area contributed by atoms with Crippen molar-refractivity contribution in [3.63, 3.8) is 0 Å². The molecule has 0 saturated carbocycles. The zero-order chi connectivity index (χ0) is 12.3. The molecule has 0 spiro atoms. The quantitative estimate of drug-likeness (QED) is 0.782. The predicted octanol–water partition coefficient (Wildman–Crippen LogP) is 4.67. The van der Waals surface area contributed by atoms with Crippen LogP contribution in [0.4, 0.5) is 0 Å². The third kappa shape index (κ3) is 3.03. The highest BCUT2D eigenvalue weighted by Gasteiger charge is 2.02.